The molecule has 0 aromatic carbocycles. The number of rotatable bonds is 0. The van der Waals surface area contributed by atoms with E-state index >= 15 is 0 Å². The lowest BCUT2D eigenvalue weighted by molar-refractivity contribution is -0.120. The number of ketones is 1. The molecule has 2 atom stereocenters. The summed E-state index contributed by atoms with van der Waals surface area (Å²) in [6.07, 6.45) is 8.75. The second-order valence-electron chi connectivity index (χ2n) is 3.10. The molecular weight excluding hydrogens is 152 g/mol. The summed E-state index contributed by atoms with van der Waals surface area (Å²) in [4.78, 5) is 11.3. The predicted octanol–water partition coefficient (Wildman–Crippen LogP) is 1.60. The van der Waals surface area contributed by atoms with E-state index < -0.39 is 0 Å². The molecule has 12 heavy (non-hydrogen) atoms. The molecule has 1 heterocycles. The predicted molar refractivity (Wildman–Crippen MR) is 45.4 cm³/mol. The van der Waals surface area contributed by atoms with Gasteiger partial charge in [0.2, 0.25) is 0 Å². The summed E-state index contributed by atoms with van der Waals surface area (Å²) in [5.74, 6) is 0.0370. The van der Waals surface area contributed by atoms with Gasteiger partial charge in [0.05, 0.1) is 12.2 Å². The highest BCUT2D eigenvalue weighted by Crippen LogP contribution is 2.24. The maximum absolute atomic E-state index is 11.3. The van der Waals surface area contributed by atoms with Crippen molar-refractivity contribution in [2.24, 2.45) is 5.92 Å². The summed E-state index contributed by atoms with van der Waals surface area (Å²) in [6.45, 7) is 1.98. The van der Waals surface area contributed by atoms with Crippen LogP contribution < -0.4 is 0 Å². The van der Waals surface area contributed by atoms with Gasteiger partial charge >= 0.3 is 0 Å². The average molecular weight is 162 g/mol. The molecular formula is C10H10O2. The van der Waals surface area contributed by atoms with Crippen LogP contribution in [0, 0.1) is 5.92 Å². The number of hydrogen-bond acceptors (Lipinski definition) is 2. The molecule has 1 aliphatic heterocycles. The molecule has 2 unspecified atom stereocenters. The molecule has 2 nitrogen and oxygen atoms in total. The Balaban J connectivity index is 2.32. The van der Waals surface area contributed by atoms with Crippen LogP contribution >= 0.6 is 0 Å². The first kappa shape index (κ1) is 7.35. The monoisotopic (exact) mass is 162 g/mol. The van der Waals surface area contributed by atoms with Crippen molar-refractivity contribution in [1.82, 2.24) is 0 Å². The second-order valence-corrected chi connectivity index (χ2v) is 3.10. The van der Waals surface area contributed by atoms with Crippen molar-refractivity contribution in [2.45, 2.75) is 13.0 Å². The molecule has 62 valence electrons. The SMILES string of the molecule is CC1=CC2C(=O)C=COC2C=C1. The van der Waals surface area contributed by atoms with Gasteiger partial charge < -0.3 is 4.74 Å². The van der Waals surface area contributed by atoms with Gasteiger partial charge in [0.1, 0.15) is 6.10 Å². The largest absolute Gasteiger partial charge is 0.493 e. The highest BCUT2D eigenvalue weighted by atomic mass is 16.5. The van der Waals surface area contributed by atoms with Crippen LogP contribution in [-0.2, 0) is 9.53 Å². The zero-order valence-corrected chi connectivity index (χ0v) is 6.86. The van der Waals surface area contributed by atoms with Crippen molar-refractivity contribution in [2.75, 3.05) is 0 Å². The summed E-state index contributed by atoms with van der Waals surface area (Å²) >= 11 is 0. The topological polar surface area (TPSA) is 26.3 Å². The summed E-state index contributed by atoms with van der Waals surface area (Å²) in [7, 11) is 0. The molecule has 0 bridgehead atoms. The van der Waals surface area contributed by atoms with Crippen LogP contribution in [0.1, 0.15) is 6.92 Å². The van der Waals surface area contributed by atoms with Gasteiger partial charge in [-0.1, -0.05) is 17.7 Å². The first-order valence-corrected chi connectivity index (χ1v) is 4.00. The van der Waals surface area contributed by atoms with Crippen molar-refractivity contribution in [1.29, 1.82) is 0 Å². The van der Waals surface area contributed by atoms with Crippen molar-refractivity contribution in [3.63, 3.8) is 0 Å². The Kier molecular flexibility index (Phi) is 1.61. The molecule has 2 rings (SSSR count). The Hall–Kier alpha value is -1.31. The van der Waals surface area contributed by atoms with Gasteiger partial charge in [-0.25, -0.2) is 0 Å². The van der Waals surface area contributed by atoms with E-state index in [2.05, 4.69) is 0 Å². The molecule has 0 spiro atoms. The number of ether oxygens (including phenoxy) is 1. The van der Waals surface area contributed by atoms with Gasteiger partial charge in [0, 0.05) is 6.08 Å². The Morgan fingerprint density at radius 1 is 1.42 bits per heavy atom. The molecule has 0 aromatic rings. The van der Waals surface area contributed by atoms with Crippen molar-refractivity contribution in [3.05, 3.63) is 36.1 Å². The molecule has 0 amide bonds. The van der Waals surface area contributed by atoms with Crippen LogP contribution in [0.2, 0.25) is 0 Å². The lowest BCUT2D eigenvalue weighted by Gasteiger charge is -2.25. The summed E-state index contributed by atoms with van der Waals surface area (Å²) in [6, 6.07) is 0. The van der Waals surface area contributed by atoms with Crippen LogP contribution in [0.4, 0.5) is 0 Å². The third-order valence-electron chi connectivity index (χ3n) is 2.14. The standard InChI is InChI=1S/C10H10O2/c1-7-2-3-10-8(6-7)9(11)4-5-12-10/h2-6,8,10H,1H3. The quantitative estimate of drug-likeness (QED) is 0.540. The zero-order valence-electron chi connectivity index (χ0n) is 6.86. The average Bonchev–Trinajstić information content (AvgIpc) is 2.07. The molecule has 2 heteroatoms. The third kappa shape index (κ3) is 1.09. The van der Waals surface area contributed by atoms with E-state index in [9.17, 15) is 4.79 Å². The van der Waals surface area contributed by atoms with Gasteiger partial charge in [0.25, 0.3) is 0 Å². The van der Waals surface area contributed by atoms with E-state index in [0.29, 0.717) is 0 Å². The van der Waals surface area contributed by atoms with E-state index in [1.165, 1.54) is 12.3 Å². The van der Waals surface area contributed by atoms with E-state index in [0.717, 1.165) is 5.57 Å². The summed E-state index contributed by atoms with van der Waals surface area (Å²) < 4.78 is 5.27. The Labute approximate surface area is 71.2 Å². The molecule has 0 saturated heterocycles. The highest BCUT2D eigenvalue weighted by Gasteiger charge is 2.28. The zero-order chi connectivity index (χ0) is 8.55. The molecule has 2 aliphatic rings. The fourth-order valence-electron chi connectivity index (χ4n) is 1.48. The van der Waals surface area contributed by atoms with E-state index in [1.54, 1.807) is 0 Å². The Morgan fingerprint density at radius 2 is 2.25 bits per heavy atom. The van der Waals surface area contributed by atoms with Gasteiger partial charge in [-0.15, -0.1) is 0 Å². The third-order valence-corrected chi connectivity index (χ3v) is 2.14. The molecule has 1 aliphatic carbocycles. The van der Waals surface area contributed by atoms with Crippen molar-refractivity contribution >= 4 is 5.78 Å². The second kappa shape index (κ2) is 2.63. The van der Waals surface area contributed by atoms with E-state index in [-0.39, 0.29) is 17.8 Å². The smallest absolute Gasteiger partial charge is 0.169 e. The lowest BCUT2D eigenvalue weighted by Crippen LogP contribution is -2.30. The van der Waals surface area contributed by atoms with Crippen molar-refractivity contribution < 1.29 is 9.53 Å². The lowest BCUT2D eigenvalue weighted by atomic mass is 9.89. The Bertz CT molecular complexity index is 297. The maximum Gasteiger partial charge on any atom is 0.169 e. The molecule has 0 radical (unpaired) electrons. The van der Waals surface area contributed by atoms with Gasteiger partial charge in [-0.2, -0.15) is 0 Å². The fourth-order valence-corrected chi connectivity index (χ4v) is 1.48. The van der Waals surface area contributed by atoms with E-state index in [1.807, 2.05) is 25.2 Å². The summed E-state index contributed by atoms with van der Waals surface area (Å²) in [5, 5.41) is 0. The van der Waals surface area contributed by atoms with Gasteiger partial charge in [-0.3, -0.25) is 4.79 Å². The number of fused-ring (bicyclic) bond motifs is 1. The minimum absolute atomic E-state index is 0.0776. The van der Waals surface area contributed by atoms with Crippen molar-refractivity contribution in [3.8, 4) is 0 Å². The van der Waals surface area contributed by atoms with Crippen LogP contribution in [-0.4, -0.2) is 11.9 Å². The van der Waals surface area contributed by atoms with E-state index in [4.69, 9.17) is 4.74 Å². The minimum atomic E-state index is -0.0972. The fraction of sp³-hybridized carbons (Fsp3) is 0.300. The normalized spacial score (nSPS) is 32.4. The maximum atomic E-state index is 11.3. The van der Waals surface area contributed by atoms with Gasteiger partial charge in [-0.05, 0) is 13.0 Å². The van der Waals surface area contributed by atoms with Crippen LogP contribution in [0.5, 0.6) is 0 Å². The molecule has 0 N–H and O–H groups in total. The van der Waals surface area contributed by atoms with Crippen LogP contribution in [0.15, 0.2) is 36.1 Å². The number of carbonyl (C=O) groups is 1. The van der Waals surface area contributed by atoms with Gasteiger partial charge in [0.15, 0.2) is 5.78 Å². The Morgan fingerprint density at radius 3 is 3.08 bits per heavy atom. The van der Waals surface area contributed by atoms with Crippen LogP contribution in [0.25, 0.3) is 0 Å². The molecule has 0 aromatic heterocycles. The number of hydrogen-bond donors (Lipinski definition) is 0. The molecule has 0 saturated carbocycles. The molecule has 0 fully saturated rings. The van der Waals surface area contributed by atoms with Crippen LogP contribution in [0.3, 0.4) is 0 Å². The first-order chi connectivity index (χ1) is 5.77. The minimum Gasteiger partial charge on any atom is -0.493 e. The summed E-state index contributed by atoms with van der Waals surface area (Å²) in [5.41, 5.74) is 1.13. The number of carbonyl (C=O) groups excluding carboxylic acids is 1. The first-order valence-electron chi connectivity index (χ1n) is 4.00. The number of allylic oxidation sites excluding steroid dienone is 3. The highest BCUT2D eigenvalue weighted by molar-refractivity contribution is 5.94.